The van der Waals surface area contributed by atoms with E-state index in [9.17, 15) is 0 Å². The molecule has 2 aliphatic heterocycles. The molecule has 0 radical (unpaired) electrons. The number of nitrogens with zero attached hydrogens (tertiary/aromatic N) is 2. The topological polar surface area (TPSA) is 6.48 Å². The summed E-state index contributed by atoms with van der Waals surface area (Å²) in [5.41, 5.74) is 16.7. The summed E-state index contributed by atoms with van der Waals surface area (Å²) in [6.07, 6.45) is 53.3. The fourth-order valence-electron chi connectivity index (χ4n) is 11.8. The molecule has 53 heavy (non-hydrogen) atoms. The van der Waals surface area contributed by atoms with Crippen molar-refractivity contribution in [2.75, 3.05) is 0 Å². The largest absolute Gasteiger partial charge is 0.357 e. The molecule has 2 nitrogen and oxygen atoms in total. The normalized spacial score (nSPS) is 34.2. The van der Waals surface area contributed by atoms with E-state index in [4.69, 9.17) is 0 Å². The molecule has 1 aromatic rings. The van der Waals surface area contributed by atoms with Crippen LogP contribution in [-0.4, -0.2) is 27.9 Å². The van der Waals surface area contributed by atoms with E-state index < -0.39 is 0 Å². The first-order valence-electron chi connectivity index (χ1n) is 20.8. The van der Waals surface area contributed by atoms with E-state index in [1.54, 1.807) is 11.1 Å². The fourth-order valence-corrected chi connectivity index (χ4v) is 11.8. The van der Waals surface area contributed by atoms with Gasteiger partial charge in [-0.25, -0.2) is 0 Å². The molecule has 7 unspecified atom stereocenters. The van der Waals surface area contributed by atoms with Gasteiger partial charge in [0.05, 0.1) is 18.1 Å². The van der Waals surface area contributed by atoms with Gasteiger partial charge in [0.25, 0.3) is 0 Å². The number of benzene rings is 1. The Bertz CT molecular complexity index is 2190. The third kappa shape index (κ3) is 4.90. The van der Waals surface area contributed by atoms with Gasteiger partial charge in [-0.3, -0.25) is 0 Å². The molecule has 0 amide bonds. The number of rotatable bonds is 4. The van der Waals surface area contributed by atoms with Gasteiger partial charge in [0.15, 0.2) is 0 Å². The number of fused-ring (bicyclic) bond motifs is 8. The van der Waals surface area contributed by atoms with E-state index >= 15 is 0 Å². The van der Waals surface area contributed by atoms with Gasteiger partial charge in [0, 0.05) is 40.3 Å². The first kappa shape index (κ1) is 31.9. The van der Waals surface area contributed by atoms with Crippen LogP contribution < -0.4 is 0 Å². The van der Waals surface area contributed by atoms with E-state index in [0.29, 0.717) is 41.8 Å². The van der Waals surface area contributed by atoms with Crippen LogP contribution in [0.25, 0.3) is 5.57 Å². The quantitative estimate of drug-likeness (QED) is 0.290. The van der Waals surface area contributed by atoms with Crippen LogP contribution in [0, 0.1) is 23.7 Å². The molecule has 0 N–H and O–H groups in total. The van der Waals surface area contributed by atoms with Crippen molar-refractivity contribution in [3.8, 4) is 0 Å². The Kier molecular flexibility index (Phi) is 7.37. The molecule has 10 aliphatic rings. The van der Waals surface area contributed by atoms with Crippen LogP contribution in [0.4, 0.5) is 0 Å². The van der Waals surface area contributed by atoms with Crippen molar-refractivity contribution < 1.29 is 0 Å². The van der Waals surface area contributed by atoms with E-state index in [2.05, 4.69) is 151 Å². The third-order valence-corrected chi connectivity index (χ3v) is 14.4. The van der Waals surface area contributed by atoms with Crippen LogP contribution in [0.15, 0.2) is 173 Å². The Hall–Kier alpha value is -4.56. The highest BCUT2D eigenvalue weighted by atomic mass is 15.2. The summed E-state index contributed by atoms with van der Waals surface area (Å²) in [5, 5.41) is 0. The van der Waals surface area contributed by atoms with Crippen molar-refractivity contribution in [2.24, 2.45) is 23.7 Å². The minimum Gasteiger partial charge on any atom is -0.357 e. The fraction of sp³-hybridized carbons (Fsp3) is 0.373. The molecule has 0 aromatic heterocycles. The summed E-state index contributed by atoms with van der Waals surface area (Å²) in [6.45, 7) is 4.81. The van der Waals surface area contributed by atoms with E-state index in [0.717, 1.165) is 25.7 Å². The third-order valence-electron chi connectivity index (χ3n) is 14.4. The second-order valence-corrected chi connectivity index (χ2v) is 17.5. The lowest BCUT2D eigenvalue weighted by Crippen LogP contribution is -2.41. The highest BCUT2D eigenvalue weighted by Crippen LogP contribution is 2.54. The summed E-state index contributed by atoms with van der Waals surface area (Å²) in [5.74, 6) is 1.90. The zero-order chi connectivity index (χ0) is 35.3. The summed E-state index contributed by atoms with van der Waals surface area (Å²) in [4.78, 5) is 5.49. The van der Waals surface area contributed by atoms with E-state index in [-0.39, 0.29) is 5.41 Å². The van der Waals surface area contributed by atoms with Crippen molar-refractivity contribution in [1.82, 2.24) is 9.80 Å². The zero-order valence-corrected chi connectivity index (χ0v) is 31.4. The predicted molar refractivity (Wildman–Crippen MR) is 219 cm³/mol. The lowest BCUT2D eigenvalue weighted by atomic mass is 9.78. The number of likely N-dealkylation sites (tertiary alicyclic amines) is 1. The van der Waals surface area contributed by atoms with Crippen molar-refractivity contribution in [2.45, 2.75) is 95.2 Å². The lowest BCUT2D eigenvalue weighted by molar-refractivity contribution is 0.256. The highest BCUT2D eigenvalue weighted by Gasteiger charge is 2.46. The van der Waals surface area contributed by atoms with E-state index in [1.165, 1.54) is 82.6 Å². The van der Waals surface area contributed by atoms with Crippen LogP contribution in [0.1, 0.15) is 82.8 Å². The average Bonchev–Trinajstić information content (AvgIpc) is 3.81. The number of hydrogen-bond donors (Lipinski definition) is 0. The van der Waals surface area contributed by atoms with Gasteiger partial charge < -0.3 is 9.80 Å². The molecular weight excluding hydrogens is 641 g/mol. The standard InChI is InChI=1S/C51H52N2/c1-51(2)45-20-9-6-17-39(45)42-32-38(25-26-46(42)51)53-48-22-11-8-19-41(48)44-31-36(24-28-50(44)53)35-23-27-49-43(30-35)40-18-7-10-21-47(40)52(49)37-16-12-15-34(29-37)33-13-4-3-5-14-33/h4,6-7,9-11,13,16-18,20-22,24,26-33,35,38,40,44,47,50H,3,5,8,12,14-15,19,23,25H2,1-2H3. The lowest BCUT2D eigenvalue weighted by Gasteiger charge is -2.39. The molecule has 2 heterocycles. The van der Waals surface area contributed by atoms with Gasteiger partial charge in [-0.2, -0.15) is 0 Å². The first-order chi connectivity index (χ1) is 26.0. The van der Waals surface area contributed by atoms with Gasteiger partial charge in [-0.15, -0.1) is 0 Å². The molecule has 0 saturated carbocycles. The van der Waals surface area contributed by atoms with Crippen LogP contribution in [-0.2, 0) is 5.41 Å². The highest BCUT2D eigenvalue weighted by molar-refractivity contribution is 5.90. The van der Waals surface area contributed by atoms with Gasteiger partial charge in [0.2, 0.25) is 0 Å². The molecule has 1 aromatic carbocycles. The molecular formula is C51H52N2. The maximum Gasteiger partial charge on any atom is 0.0629 e. The second kappa shape index (κ2) is 12.2. The van der Waals surface area contributed by atoms with Gasteiger partial charge in [0.1, 0.15) is 0 Å². The van der Waals surface area contributed by atoms with Crippen LogP contribution in [0.2, 0.25) is 0 Å². The Morgan fingerprint density at radius 2 is 1.68 bits per heavy atom. The van der Waals surface area contributed by atoms with Crippen LogP contribution in [0.3, 0.4) is 0 Å². The Morgan fingerprint density at radius 3 is 2.60 bits per heavy atom. The minimum atomic E-state index is 0.0703. The number of allylic oxidation sites excluding steroid dienone is 16. The summed E-state index contributed by atoms with van der Waals surface area (Å²) in [7, 11) is 0. The van der Waals surface area contributed by atoms with Gasteiger partial charge in [-0.05, 0) is 115 Å². The molecule has 11 rings (SSSR count). The smallest absolute Gasteiger partial charge is 0.0629 e. The Balaban J connectivity index is 0.894. The minimum absolute atomic E-state index is 0.0703. The van der Waals surface area contributed by atoms with Crippen molar-refractivity contribution in [3.63, 3.8) is 0 Å². The SMILES string of the molecule is CC1(C)C2=CCC(N3C4=C(CCC=C4)C4C=C(C5C=C6C(=CC5)N(C5=CCCC(C7C=CCCC7)=C5)C5C=CC=CC65)C=CC43)C=C2c2ccccc21. The maximum atomic E-state index is 2.80. The predicted octanol–water partition coefficient (Wildman–Crippen LogP) is 11.7. The molecule has 1 fully saturated rings. The van der Waals surface area contributed by atoms with Gasteiger partial charge in [-0.1, -0.05) is 135 Å². The molecule has 0 spiro atoms. The molecule has 0 bridgehead atoms. The first-order valence-corrected chi connectivity index (χ1v) is 20.8. The zero-order valence-electron chi connectivity index (χ0n) is 31.4. The monoisotopic (exact) mass is 692 g/mol. The summed E-state index contributed by atoms with van der Waals surface area (Å²) < 4.78 is 0. The average molecular weight is 693 g/mol. The van der Waals surface area contributed by atoms with Crippen LogP contribution >= 0.6 is 0 Å². The Labute approximate surface area is 316 Å². The van der Waals surface area contributed by atoms with E-state index in [1.807, 2.05) is 0 Å². The molecule has 1 saturated heterocycles. The molecule has 266 valence electrons. The van der Waals surface area contributed by atoms with Crippen molar-refractivity contribution in [3.05, 3.63) is 184 Å². The molecule has 2 heteroatoms. The summed E-state index contributed by atoms with van der Waals surface area (Å²) >= 11 is 0. The second-order valence-electron chi connectivity index (χ2n) is 17.5. The maximum absolute atomic E-state index is 2.80. The molecule has 7 atom stereocenters. The molecule has 8 aliphatic carbocycles. The van der Waals surface area contributed by atoms with Crippen LogP contribution in [0.5, 0.6) is 0 Å². The van der Waals surface area contributed by atoms with Crippen molar-refractivity contribution in [1.29, 1.82) is 0 Å². The van der Waals surface area contributed by atoms with Gasteiger partial charge >= 0.3 is 0 Å². The summed E-state index contributed by atoms with van der Waals surface area (Å²) in [6, 6.07) is 10.2. The Morgan fingerprint density at radius 1 is 0.755 bits per heavy atom. The number of hydrogen-bond acceptors (Lipinski definition) is 2. The van der Waals surface area contributed by atoms with Crippen molar-refractivity contribution >= 4 is 5.57 Å².